The molecule has 0 unspecified atom stereocenters. The zero-order chi connectivity index (χ0) is 30.8. The average molecular weight is 597 g/mol. The maximum Gasteiger partial charge on any atom is 0.371 e. The highest BCUT2D eigenvalue weighted by Crippen LogP contribution is 2.34. The molecule has 9 heteroatoms. The van der Waals surface area contributed by atoms with Crippen molar-refractivity contribution in [3.05, 3.63) is 75.2 Å². The van der Waals surface area contributed by atoms with Crippen molar-refractivity contribution in [1.29, 1.82) is 0 Å². The quantitative estimate of drug-likeness (QED) is 0.0596. The van der Waals surface area contributed by atoms with Crippen molar-refractivity contribution in [3.8, 4) is 11.5 Å². The van der Waals surface area contributed by atoms with Gasteiger partial charge in [0.2, 0.25) is 5.76 Å². The third-order valence-corrected chi connectivity index (χ3v) is 7.43. The number of carboxylic acids is 1. The van der Waals surface area contributed by atoms with Gasteiger partial charge in [0.15, 0.2) is 11.2 Å². The van der Waals surface area contributed by atoms with E-state index in [-0.39, 0.29) is 22.5 Å². The van der Waals surface area contributed by atoms with E-state index in [2.05, 4.69) is 12.6 Å². The average Bonchev–Trinajstić information content (AvgIpc) is 2.93. The van der Waals surface area contributed by atoms with Gasteiger partial charge in [0.05, 0.1) is 23.7 Å². The molecular weight excluding hydrogens is 556 g/mol. The van der Waals surface area contributed by atoms with Crippen LogP contribution in [0.25, 0.3) is 11.0 Å². The molecule has 2 atom stereocenters. The smallest absolute Gasteiger partial charge is 0.371 e. The van der Waals surface area contributed by atoms with E-state index in [0.717, 1.165) is 38.2 Å². The van der Waals surface area contributed by atoms with Gasteiger partial charge in [0.1, 0.15) is 17.1 Å². The van der Waals surface area contributed by atoms with Crippen molar-refractivity contribution in [2.75, 3.05) is 6.61 Å². The number of ether oxygens (including phenoxy) is 1. The van der Waals surface area contributed by atoms with Crippen LogP contribution in [0.5, 0.6) is 11.5 Å². The number of phenolic OH excluding ortho intramolecular Hbond substituents is 1. The molecule has 0 amide bonds. The number of fused-ring (bicyclic) bond motifs is 1. The van der Waals surface area contributed by atoms with Gasteiger partial charge < -0.3 is 24.5 Å². The minimum absolute atomic E-state index is 0.0107. The molecule has 0 saturated carbocycles. The molecular formula is C33H40O8S. The number of carboxylic acid groups (broad SMARTS) is 1. The number of hydrogen-bond acceptors (Lipinski definition) is 8. The zero-order valence-corrected chi connectivity index (χ0v) is 25.3. The largest absolute Gasteiger partial charge is 0.507 e. The Bertz CT molecular complexity index is 1490. The molecule has 0 aliphatic heterocycles. The van der Waals surface area contributed by atoms with Crippen LogP contribution in [0.15, 0.2) is 56.6 Å². The summed E-state index contributed by atoms with van der Waals surface area (Å²) in [6.07, 6.45) is 8.99. The molecule has 0 bridgehead atoms. The monoisotopic (exact) mass is 596 g/mol. The van der Waals surface area contributed by atoms with E-state index in [9.17, 15) is 29.7 Å². The molecule has 226 valence electrons. The van der Waals surface area contributed by atoms with Crippen LogP contribution in [0.3, 0.4) is 0 Å². The van der Waals surface area contributed by atoms with E-state index in [1.807, 2.05) is 26.0 Å². The Morgan fingerprint density at radius 2 is 1.86 bits per heavy atom. The number of Topliss-reactive ketones (excluding diaryl/α,β-unsaturated/α-hetero) is 1. The van der Waals surface area contributed by atoms with Crippen LogP contribution in [0.2, 0.25) is 0 Å². The number of ketones is 1. The molecule has 42 heavy (non-hydrogen) atoms. The Hall–Kier alpha value is -3.56. The highest BCUT2D eigenvalue weighted by Gasteiger charge is 2.24. The minimum atomic E-state index is -1.34. The molecule has 0 fully saturated rings. The van der Waals surface area contributed by atoms with Gasteiger partial charge in [0.25, 0.3) is 0 Å². The number of phenols is 1. The molecule has 8 nitrogen and oxygen atoms in total. The number of thiol groups is 1. The molecule has 0 saturated heterocycles. The molecule has 0 radical (unpaired) electrons. The molecule has 1 aromatic heterocycles. The van der Waals surface area contributed by atoms with Gasteiger partial charge in [0, 0.05) is 22.4 Å². The molecule has 0 aliphatic carbocycles. The fraction of sp³-hybridized carbons (Fsp3) is 0.424. The van der Waals surface area contributed by atoms with E-state index in [4.69, 9.17) is 9.15 Å². The highest BCUT2D eigenvalue weighted by atomic mass is 32.1. The van der Waals surface area contributed by atoms with Crippen molar-refractivity contribution in [1.82, 2.24) is 0 Å². The third-order valence-electron chi connectivity index (χ3n) is 7.17. The SMILES string of the molecule is CCCC[C@H](O)[C@H](C=CCCCCOc1ccc(C(C)=O)c(O)c1CCC)c1cc(S)cc2oc(C(=O)O)cc(=O)c12. The van der Waals surface area contributed by atoms with Crippen LogP contribution < -0.4 is 10.2 Å². The van der Waals surface area contributed by atoms with Gasteiger partial charge in [-0.3, -0.25) is 9.59 Å². The van der Waals surface area contributed by atoms with E-state index < -0.39 is 29.2 Å². The van der Waals surface area contributed by atoms with Crippen molar-refractivity contribution in [2.24, 2.45) is 0 Å². The summed E-state index contributed by atoms with van der Waals surface area (Å²) < 4.78 is 11.4. The second-order valence-electron chi connectivity index (χ2n) is 10.4. The summed E-state index contributed by atoms with van der Waals surface area (Å²) in [6, 6.07) is 7.52. The first-order chi connectivity index (χ1) is 20.1. The highest BCUT2D eigenvalue weighted by molar-refractivity contribution is 7.80. The maximum atomic E-state index is 13.0. The standard InChI is InChI=1S/C33H40O8S/c1-4-6-13-26(35)23(25-17-21(42)18-29-31(25)27(36)19-30(41-29)33(38)39)12-9-7-8-10-16-40-28-15-14-22(20(3)34)32(37)24(28)11-5-2/h9,12,14-15,17-19,23,26,35,37,42H,4-8,10-11,13,16H2,1-3H3,(H,38,39)/t23-,26+/m1/s1. The van der Waals surface area contributed by atoms with Crippen LogP contribution in [-0.4, -0.2) is 39.8 Å². The molecule has 0 aliphatic rings. The molecule has 1 heterocycles. The van der Waals surface area contributed by atoms with Crippen molar-refractivity contribution in [2.45, 2.75) is 89.1 Å². The minimum Gasteiger partial charge on any atom is -0.507 e. The fourth-order valence-electron chi connectivity index (χ4n) is 5.02. The lowest BCUT2D eigenvalue weighted by molar-refractivity contribution is 0.0662. The van der Waals surface area contributed by atoms with E-state index in [1.54, 1.807) is 18.2 Å². The summed E-state index contributed by atoms with van der Waals surface area (Å²) in [5.74, 6) is -1.93. The van der Waals surface area contributed by atoms with Gasteiger partial charge in [-0.05, 0) is 68.9 Å². The summed E-state index contributed by atoms with van der Waals surface area (Å²) in [7, 11) is 0. The van der Waals surface area contributed by atoms with Crippen LogP contribution >= 0.6 is 12.6 Å². The number of hydrogen-bond donors (Lipinski definition) is 4. The number of aromatic carboxylic acids is 1. The Kier molecular flexibility index (Phi) is 12.2. The van der Waals surface area contributed by atoms with Crippen LogP contribution in [-0.2, 0) is 6.42 Å². The first-order valence-electron chi connectivity index (χ1n) is 14.5. The number of allylic oxidation sites excluding steroid dienone is 1. The maximum absolute atomic E-state index is 13.0. The molecule has 3 rings (SSSR count). The topological polar surface area (TPSA) is 134 Å². The van der Waals surface area contributed by atoms with Crippen LogP contribution in [0, 0.1) is 0 Å². The van der Waals surface area contributed by atoms with Gasteiger partial charge in [-0.2, -0.15) is 0 Å². The van der Waals surface area contributed by atoms with Crippen LogP contribution in [0.1, 0.15) is 104 Å². The number of rotatable bonds is 16. The lowest BCUT2D eigenvalue weighted by Gasteiger charge is -2.22. The number of carbonyl (C=O) groups excluding carboxylic acids is 1. The van der Waals surface area contributed by atoms with E-state index >= 15 is 0 Å². The Labute approximate surface area is 251 Å². The Morgan fingerprint density at radius 3 is 2.52 bits per heavy atom. The third kappa shape index (κ3) is 8.26. The Morgan fingerprint density at radius 1 is 1.10 bits per heavy atom. The second-order valence-corrected chi connectivity index (χ2v) is 11.0. The summed E-state index contributed by atoms with van der Waals surface area (Å²) in [6.45, 7) is 5.90. The first-order valence-corrected chi connectivity index (χ1v) is 14.9. The number of carbonyl (C=O) groups is 2. The zero-order valence-electron chi connectivity index (χ0n) is 24.4. The van der Waals surface area contributed by atoms with Crippen molar-refractivity contribution < 1.29 is 34.1 Å². The number of aliphatic hydroxyl groups excluding tert-OH is 1. The predicted octanol–water partition coefficient (Wildman–Crippen LogP) is 7.08. The van der Waals surface area contributed by atoms with E-state index in [0.29, 0.717) is 53.2 Å². The first kappa shape index (κ1) is 32.9. The predicted molar refractivity (Wildman–Crippen MR) is 166 cm³/mol. The molecule has 2 aromatic carbocycles. The van der Waals surface area contributed by atoms with Gasteiger partial charge in [-0.1, -0.05) is 45.3 Å². The summed E-state index contributed by atoms with van der Waals surface area (Å²) in [4.78, 5) is 36.7. The van der Waals surface area contributed by atoms with Gasteiger partial charge in [-0.25, -0.2) is 4.79 Å². The second kappa shape index (κ2) is 15.6. The summed E-state index contributed by atoms with van der Waals surface area (Å²) >= 11 is 4.44. The summed E-state index contributed by atoms with van der Waals surface area (Å²) in [5.41, 5.74) is 1.12. The fourth-order valence-corrected chi connectivity index (χ4v) is 5.28. The lowest BCUT2D eigenvalue weighted by Crippen LogP contribution is -2.19. The Balaban J connectivity index is 1.74. The van der Waals surface area contributed by atoms with Gasteiger partial charge >= 0.3 is 5.97 Å². The number of unbranched alkanes of at least 4 members (excludes halogenated alkanes) is 3. The van der Waals surface area contributed by atoms with Crippen molar-refractivity contribution in [3.63, 3.8) is 0 Å². The number of aromatic hydroxyl groups is 1. The molecule has 3 N–H and O–H groups in total. The molecule has 0 spiro atoms. The lowest BCUT2D eigenvalue weighted by atomic mass is 9.87. The number of benzene rings is 2. The summed E-state index contributed by atoms with van der Waals surface area (Å²) in [5, 5.41) is 31.2. The normalized spacial score (nSPS) is 13.0. The number of aliphatic hydroxyl groups is 1. The molecule has 3 aromatic rings. The van der Waals surface area contributed by atoms with Gasteiger partial charge in [-0.15, -0.1) is 12.6 Å². The van der Waals surface area contributed by atoms with Crippen LogP contribution in [0.4, 0.5) is 0 Å². The van der Waals surface area contributed by atoms with Crippen molar-refractivity contribution >= 4 is 35.4 Å². The van der Waals surface area contributed by atoms with E-state index in [1.165, 1.54) is 13.0 Å².